The molecule has 4 heteroatoms. The number of aromatic nitrogens is 2. The maximum atomic E-state index is 4.68. The zero-order valence-electron chi connectivity index (χ0n) is 10.4. The lowest BCUT2D eigenvalue weighted by Crippen LogP contribution is -2.18. The van der Waals surface area contributed by atoms with Gasteiger partial charge in [0.2, 0.25) is 0 Å². The van der Waals surface area contributed by atoms with Gasteiger partial charge in [0.1, 0.15) is 0 Å². The molecule has 1 aromatic carbocycles. The summed E-state index contributed by atoms with van der Waals surface area (Å²) in [4.78, 5) is 0. The fraction of sp³-hybridized carbons (Fsp3) is 0.214. The quantitative estimate of drug-likeness (QED) is 0.782. The monoisotopic (exact) mass is 257 g/mol. The molecule has 3 rings (SSSR count). The fourth-order valence-corrected chi connectivity index (χ4v) is 3.04. The molecule has 3 nitrogen and oxygen atoms in total. The Morgan fingerprint density at radius 1 is 1.28 bits per heavy atom. The molecule has 1 N–H and O–H groups in total. The summed E-state index contributed by atoms with van der Waals surface area (Å²) in [5.74, 6) is 0. The van der Waals surface area contributed by atoms with Crippen LogP contribution in [0.5, 0.6) is 0 Å². The van der Waals surface area contributed by atoms with Gasteiger partial charge in [-0.1, -0.05) is 18.2 Å². The van der Waals surface area contributed by atoms with Crippen LogP contribution < -0.4 is 5.32 Å². The van der Waals surface area contributed by atoms with Gasteiger partial charge in [0.05, 0.1) is 17.3 Å². The largest absolute Gasteiger partial charge is 0.308 e. The summed E-state index contributed by atoms with van der Waals surface area (Å²) in [6.45, 7) is 0. The lowest BCUT2D eigenvalue weighted by Gasteiger charge is -2.12. The zero-order valence-corrected chi connectivity index (χ0v) is 11.2. The van der Waals surface area contributed by atoms with Crippen molar-refractivity contribution in [1.29, 1.82) is 0 Å². The Kier molecular flexibility index (Phi) is 2.89. The smallest absolute Gasteiger partial charge is 0.0918 e. The van der Waals surface area contributed by atoms with Crippen molar-refractivity contribution >= 4 is 22.2 Å². The fourth-order valence-electron chi connectivity index (χ4n) is 2.36. The molecule has 0 spiro atoms. The second kappa shape index (κ2) is 4.55. The Hall–Kier alpha value is -1.65. The van der Waals surface area contributed by atoms with Crippen LogP contribution in [-0.4, -0.2) is 16.8 Å². The Morgan fingerprint density at radius 2 is 2.11 bits per heavy atom. The van der Waals surface area contributed by atoms with Crippen LogP contribution in [0, 0.1) is 0 Å². The number of rotatable bonds is 3. The lowest BCUT2D eigenvalue weighted by molar-refractivity contribution is 0.650. The minimum atomic E-state index is 0.155. The van der Waals surface area contributed by atoms with Gasteiger partial charge in [-0.25, -0.2) is 0 Å². The molecule has 92 valence electrons. The van der Waals surface area contributed by atoms with E-state index in [4.69, 9.17) is 0 Å². The van der Waals surface area contributed by atoms with Crippen molar-refractivity contribution in [1.82, 2.24) is 15.1 Å². The van der Waals surface area contributed by atoms with E-state index in [1.54, 1.807) is 11.3 Å². The molecule has 0 aliphatic rings. The van der Waals surface area contributed by atoms with Gasteiger partial charge in [0.25, 0.3) is 0 Å². The molecule has 1 atom stereocenters. The number of nitrogens with one attached hydrogen (secondary N) is 1. The molecule has 3 aromatic rings. The van der Waals surface area contributed by atoms with E-state index >= 15 is 0 Å². The molecular formula is C14H15N3S. The van der Waals surface area contributed by atoms with Crippen LogP contribution in [0.4, 0.5) is 0 Å². The molecule has 18 heavy (non-hydrogen) atoms. The van der Waals surface area contributed by atoms with Crippen LogP contribution in [0.2, 0.25) is 0 Å². The zero-order chi connectivity index (χ0) is 12.5. The topological polar surface area (TPSA) is 29.9 Å². The molecule has 0 aliphatic heterocycles. The Bertz CT molecular complexity index is 655. The number of nitrogens with zero attached hydrogens (tertiary/aromatic N) is 2. The summed E-state index contributed by atoms with van der Waals surface area (Å²) in [6.07, 6.45) is 0. The predicted molar refractivity (Wildman–Crippen MR) is 75.9 cm³/mol. The third kappa shape index (κ3) is 1.74. The highest BCUT2D eigenvalue weighted by molar-refractivity contribution is 7.08. The SMILES string of the molecule is CNC(c1ccsc1)c1nn(C)c2ccccc12. The minimum absolute atomic E-state index is 0.155. The summed E-state index contributed by atoms with van der Waals surface area (Å²) in [5, 5.41) is 13.5. The Labute approximate surface area is 110 Å². The molecule has 0 saturated carbocycles. The van der Waals surface area contributed by atoms with Crippen LogP contribution in [0.15, 0.2) is 41.1 Å². The first-order chi connectivity index (χ1) is 8.81. The normalized spacial score (nSPS) is 13.0. The lowest BCUT2D eigenvalue weighted by atomic mass is 10.0. The second-order valence-corrected chi connectivity index (χ2v) is 5.08. The van der Waals surface area contributed by atoms with Crippen LogP contribution in [-0.2, 0) is 7.05 Å². The van der Waals surface area contributed by atoms with E-state index in [2.05, 4.69) is 45.4 Å². The number of para-hydroxylation sites is 1. The van der Waals surface area contributed by atoms with Crippen molar-refractivity contribution in [3.63, 3.8) is 0 Å². The van der Waals surface area contributed by atoms with Crippen molar-refractivity contribution in [3.8, 4) is 0 Å². The Morgan fingerprint density at radius 3 is 2.83 bits per heavy atom. The van der Waals surface area contributed by atoms with E-state index < -0.39 is 0 Å². The molecule has 0 amide bonds. The van der Waals surface area contributed by atoms with Gasteiger partial charge in [-0.05, 0) is 35.5 Å². The molecule has 2 heterocycles. The third-order valence-corrected chi connectivity index (χ3v) is 3.93. The number of hydrogen-bond donors (Lipinski definition) is 1. The van der Waals surface area contributed by atoms with E-state index in [-0.39, 0.29) is 6.04 Å². The minimum Gasteiger partial charge on any atom is -0.308 e. The van der Waals surface area contributed by atoms with Crippen LogP contribution in [0.1, 0.15) is 17.3 Å². The molecule has 0 bridgehead atoms. The molecule has 1 unspecified atom stereocenters. The number of benzene rings is 1. The second-order valence-electron chi connectivity index (χ2n) is 4.30. The van der Waals surface area contributed by atoms with E-state index in [0.717, 1.165) is 5.69 Å². The maximum absolute atomic E-state index is 4.68. The summed E-state index contributed by atoms with van der Waals surface area (Å²) in [7, 11) is 3.97. The van der Waals surface area contributed by atoms with Crippen LogP contribution in [0.3, 0.4) is 0 Å². The molecule has 0 fully saturated rings. The standard InChI is InChI=1S/C14H15N3S/c1-15-13(10-7-8-18-9-10)14-11-5-3-4-6-12(11)17(2)16-14/h3-9,13,15H,1-2H3. The number of aryl methyl sites for hydroxylation is 1. The van der Waals surface area contributed by atoms with Gasteiger partial charge in [-0.3, -0.25) is 4.68 Å². The van der Waals surface area contributed by atoms with Crippen molar-refractivity contribution in [2.45, 2.75) is 6.04 Å². The highest BCUT2D eigenvalue weighted by Crippen LogP contribution is 2.28. The van der Waals surface area contributed by atoms with E-state index in [1.807, 2.05) is 24.8 Å². The summed E-state index contributed by atoms with van der Waals surface area (Å²) >= 11 is 1.72. The summed E-state index contributed by atoms with van der Waals surface area (Å²) in [5.41, 5.74) is 3.53. The average molecular weight is 257 g/mol. The van der Waals surface area contributed by atoms with Gasteiger partial charge in [0, 0.05) is 12.4 Å². The van der Waals surface area contributed by atoms with Crippen molar-refractivity contribution < 1.29 is 0 Å². The molecule has 0 radical (unpaired) electrons. The van der Waals surface area contributed by atoms with Crippen molar-refractivity contribution in [3.05, 3.63) is 52.3 Å². The highest BCUT2D eigenvalue weighted by atomic mass is 32.1. The molecule has 2 aromatic heterocycles. The van der Waals surface area contributed by atoms with Gasteiger partial charge < -0.3 is 5.32 Å². The summed E-state index contributed by atoms with van der Waals surface area (Å²) < 4.78 is 1.95. The molecule has 0 aliphatic carbocycles. The van der Waals surface area contributed by atoms with Crippen molar-refractivity contribution in [2.24, 2.45) is 7.05 Å². The van der Waals surface area contributed by atoms with E-state index in [1.165, 1.54) is 16.5 Å². The maximum Gasteiger partial charge on any atom is 0.0918 e. The highest BCUT2D eigenvalue weighted by Gasteiger charge is 2.19. The average Bonchev–Trinajstić information content (AvgIpc) is 3.01. The third-order valence-electron chi connectivity index (χ3n) is 3.23. The first-order valence-electron chi connectivity index (χ1n) is 5.92. The number of fused-ring (bicyclic) bond motifs is 1. The van der Waals surface area contributed by atoms with E-state index in [0.29, 0.717) is 0 Å². The number of thiophene rings is 1. The first kappa shape index (κ1) is 11.4. The summed E-state index contributed by atoms with van der Waals surface area (Å²) in [6, 6.07) is 10.7. The van der Waals surface area contributed by atoms with Crippen LogP contribution in [0.25, 0.3) is 10.9 Å². The van der Waals surface area contributed by atoms with Crippen molar-refractivity contribution in [2.75, 3.05) is 7.05 Å². The molecule has 0 saturated heterocycles. The van der Waals surface area contributed by atoms with E-state index in [9.17, 15) is 0 Å². The van der Waals surface area contributed by atoms with Gasteiger partial charge in [0.15, 0.2) is 0 Å². The van der Waals surface area contributed by atoms with Crippen LogP contribution >= 0.6 is 11.3 Å². The molecular weight excluding hydrogens is 242 g/mol. The van der Waals surface area contributed by atoms with Gasteiger partial charge in [-0.2, -0.15) is 16.4 Å². The first-order valence-corrected chi connectivity index (χ1v) is 6.86. The van der Waals surface area contributed by atoms with Gasteiger partial charge >= 0.3 is 0 Å². The predicted octanol–water partition coefficient (Wildman–Crippen LogP) is 2.94. The number of hydrogen-bond acceptors (Lipinski definition) is 3. The van der Waals surface area contributed by atoms with Gasteiger partial charge in [-0.15, -0.1) is 0 Å². The Balaban J connectivity index is 2.19.